The number of carbonyl (C=O) groups excluding carboxylic acids is 1. The summed E-state index contributed by atoms with van der Waals surface area (Å²) in [6.07, 6.45) is 1.49. The van der Waals surface area contributed by atoms with Crippen molar-refractivity contribution in [1.29, 1.82) is 0 Å². The van der Waals surface area contributed by atoms with Crippen LogP contribution in [0.15, 0.2) is 15.5 Å². The Bertz CT molecular complexity index is 455. The van der Waals surface area contributed by atoms with E-state index in [1.807, 2.05) is 0 Å². The maximum atomic E-state index is 10.1. The summed E-state index contributed by atoms with van der Waals surface area (Å²) < 4.78 is 16.3. The molecule has 1 aromatic rings. The van der Waals surface area contributed by atoms with Gasteiger partial charge in [-0.3, -0.25) is 0 Å². The molecule has 1 aromatic carbocycles. The van der Waals surface area contributed by atoms with Crippen LogP contribution in [0, 0.1) is 0 Å². The molecule has 0 aliphatic rings. The largest absolute Gasteiger partial charge is 0.495 e. The number of isocyanates is 1. The fraction of sp³-hybridized carbons (Fsp3) is 0.364. The number of ether oxygens (including phenoxy) is 3. The normalized spacial score (nSPS) is 9.41. The topological polar surface area (TPSA) is 57.1 Å². The van der Waals surface area contributed by atoms with E-state index in [1.165, 1.54) is 27.4 Å². The summed E-state index contributed by atoms with van der Waals surface area (Å²) >= 11 is 3.37. The Kier molecular flexibility index (Phi) is 5.00. The van der Waals surface area contributed by atoms with Crippen LogP contribution in [0.25, 0.3) is 0 Å². The van der Waals surface area contributed by atoms with E-state index >= 15 is 0 Å². The first-order valence-corrected chi connectivity index (χ1v) is 5.49. The third-order valence-electron chi connectivity index (χ3n) is 2.16. The van der Waals surface area contributed by atoms with Gasteiger partial charge in [-0.1, -0.05) is 0 Å². The number of hydrogen-bond donors (Lipinski definition) is 0. The van der Waals surface area contributed by atoms with Gasteiger partial charge in [0, 0.05) is 5.56 Å². The third kappa shape index (κ3) is 2.78. The Hall–Kier alpha value is -1.52. The van der Waals surface area contributed by atoms with E-state index < -0.39 is 0 Å². The second-order valence-electron chi connectivity index (χ2n) is 3.03. The van der Waals surface area contributed by atoms with Gasteiger partial charge in [0.15, 0.2) is 11.5 Å². The molecule has 0 aliphatic heterocycles. The smallest absolute Gasteiger partial charge is 0.235 e. The second kappa shape index (κ2) is 6.27. The van der Waals surface area contributed by atoms with E-state index in [-0.39, 0.29) is 6.54 Å². The minimum Gasteiger partial charge on any atom is -0.495 e. The first kappa shape index (κ1) is 13.5. The Balaban J connectivity index is 3.38. The molecule has 6 heteroatoms. The lowest BCUT2D eigenvalue weighted by Crippen LogP contribution is -1.98. The minimum atomic E-state index is 0.172. The first-order chi connectivity index (χ1) is 8.19. The molecular formula is C11H12BrNO4. The summed E-state index contributed by atoms with van der Waals surface area (Å²) in [5, 5.41) is 0. The fourth-order valence-electron chi connectivity index (χ4n) is 1.44. The van der Waals surface area contributed by atoms with E-state index in [0.717, 1.165) is 0 Å². The SMILES string of the molecule is COc1cc(CN=C=O)c(OC)c(Br)c1OC. The van der Waals surface area contributed by atoms with Crippen LogP contribution in [0.2, 0.25) is 0 Å². The van der Waals surface area contributed by atoms with E-state index in [1.54, 1.807) is 6.07 Å². The van der Waals surface area contributed by atoms with Crippen LogP contribution < -0.4 is 14.2 Å². The van der Waals surface area contributed by atoms with E-state index in [0.29, 0.717) is 27.3 Å². The number of hydrogen-bond acceptors (Lipinski definition) is 5. The average Bonchev–Trinajstić information content (AvgIpc) is 2.35. The molecule has 0 aromatic heterocycles. The highest BCUT2D eigenvalue weighted by atomic mass is 79.9. The quantitative estimate of drug-likeness (QED) is 0.618. The van der Waals surface area contributed by atoms with E-state index in [4.69, 9.17) is 14.2 Å². The number of aliphatic imine (C=N–C) groups is 1. The molecule has 0 bridgehead atoms. The molecule has 5 nitrogen and oxygen atoms in total. The van der Waals surface area contributed by atoms with Gasteiger partial charge < -0.3 is 14.2 Å². The Morgan fingerprint density at radius 3 is 2.35 bits per heavy atom. The highest BCUT2D eigenvalue weighted by Crippen LogP contribution is 2.44. The molecule has 0 amide bonds. The van der Waals surface area contributed by atoms with Crippen LogP contribution >= 0.6 is 15.9 Å². The molecule has 0 heterocycles. The molecule has 0 aliphatic carbocycles. The van der Waals surface area contributed by atoms with Crippen LogP contribution in [0.4, 0.5) is 0 Å². The number of halogens is 1. The monoisotopic (exact) mass is 301 g/mol. The van der Waals surface area contributed by atoms with Gasteiger partial charge in [0.05, 0.1) is 27.9 Å². The molecule has 17 heavy (non-hydrogen) atoms. The van der Waals surface area contributed by atoms with Gasteiger partial charge in [0.1, 0.15) is 10.2 Å². The summed E-state index contributed by atoms with van der Waals surface area (Å²) in [5.41, 5.74) is 0.709. The highest BCUT2D eigenvalue weighted by molar-refractivity contribution is 9.10. The molecule has 0 atom stereocenters. The number of rotatable bonds is 5. The highest BCUT2D eigenvalue weighted by Gasteiger charge is 2.18. The molecule has 0 fully saturated rings. The maximum Gasteiger partial charge on any atom is 0.235 e. The van der Waals surface area contributed by atoms with Gasteiger partial charge in [-0.15, -0.1) is 0 Å². The molecule has 1 rings (SSSR count). The van der Waals surface area contributed by atoms with Crippen molar-refractivity contribution in [2.24, 2.45) is 4.99 Å². The molecule has 0 radical (unpaired) electrons. The van der Waals surface area contributed by atoms with Crippen LogP contribution in [0.3, 0.4) is 0 Å². The molecule has 0 saturated carbocycles. The fourth-order valence-corrected chi connectivity index (χ4v) is 2.21. The maximum absolute atomic E-state index is 10.1. The molecular weight excluding hydrogens is 290 g/mol. The number of methoxy groups -OCH3 is 3. The zero-order valence-electron chi connectivity index (χ0n) is 9.74. The summed E-state index contributed by atoms with van der Waals surface area (Å²) in [5.74, 6) is 1.63. The molecule has 0 N–H and O–H groups in total. The first-order valence-electron chi connectivity index (χ1n) is 4.70. The van der Waals surface area contributed by atoms with Gasteiger partial charge in [-0.05, 0) is 22.0 Å². The predicted octanol–water partition coefficient (Wildman–Crippen LogP) is 2.31. The van der Waals surface area contributed by atoms with E-state index in [9.17, 15) is 4.79 Å². The lowest BCUT2D eigenvalue weighted by molar-refractivity contribution is 0.344. The minimum absolute atomic E-state index is 0.172. The van der Waals surface area contributed by atoms with Crippen molar-refractivity contribution in [2.75, 3.05) is 21.3 Å². The molecule has 92 valence electrons. The summed E-state index contributed by atoms with van der Waals surface area (Å²) in [6.45, 7) is 0.172. The zero-order chi connectivity index (χ0) is 12.8. The molecule has 0 unspecified atom stereocenters. The van der Waals surface area contributed by atoms with Crippen molar-refractivity contribution in [3.63, 3.8) is 0 Å². The Morgan fingerprint density at radius 1 is 1.24 bits per heavy atom. The van der Waals surface area contributed by atoms with Crippen molar-refractivity contribution in [1.82, 2.24) is 0 Å². The van der Waals surface area contributed by atoms with Crippen LogP contribution in [0.5, 0.6) is 17.2 Å². The van der Waals surface area contributed by atoms with Gasteiger partial charge >= 0.3 is 0 Å². The van der Waals surface area contributed by atoms with Gasteiger partial charge in [0.2, 0.25) is 6.08 Å². The van der Waals surface area contributed by atoms with Crippen molar-refractivity contribution in [3.8, 4) is 17.2 Å². The second-order valence-corrected chi connectivity index (χ2v) is 3.82. The van der Waals surface area contributed by atoms with Crippen molar-refractivity contribution >= 4 is 22.0 Å². The van der Waals surface area contributed by atoms with Gasteiger partial charge in [-0.25, -0.2) is 9.79 Å². The molecule has 0 saturated heterocycles. The predicted molar refractivity (Wildman–Crippen MR) is 65.6 cm³/mol. The summed E-state index contributed by atoms with van der Waals surface area (Å²) in [6, 6.07) is 1.71. The number of nitrogens with zero attached hydrogens (tertiary/aromatic N) is 1. The third-order valence-corrected chi connectivity index (χ3v) is 2.88. The van der Waals surface area contributed by atoms with E-state index in [2.05, 4.69) is 20.9 Å². The standard InChI is InChI=1S/C11H12BrNO4/c1-15-8-4-7(5-13-6-14)10(16-2)9(12)11(8)17-3/h4H,5H2,1-3H3. The Morgan fingerprint density at radius 2 is 1.88 bits per heavy atom. The van der Waals surface area contributed by atoms with Crippen LogP contribution in [-0.2, 0) is 11.3 Å². The molecule has 0 spiro atoms. The van der Waals surface area contributed by atoms with Gasteiger partial charge in [-0.2, -0.15) is 0 Å². The summed E-state index contributed by atoms with van der Waals surface area (Å²) in [7, 11) is 4.59. The average molecular weight is 302 g/mol. The lowest BCUT2D eigenvalue weighted by atomic mass is 10.1. The lowest BCUT2D eigenvalue weighted by Gasteiger charge is -2.15. The Labute approximate surface area is 108 Å². The van der Waals surface area contributed by atoms with Crippen molar-refractivity contribution in [3.05, 3.63) is 16.1 Å². The van der Waals surface area contributed by atoms with Crippen molar-refractivity contribution < 1.29 is 19.0 Å². The van der Waals surface area contributed by atoms with Crippen LogP contribution in [-0.4, -0.2) is 27.4 Å². The number of benzene rings is 1. The summed E-state index contributed by atoms with van der Waals surface area (Å²) in [4.78, 5) is 13.7. The van der Waals surface area contributed by atoms with Gasteiger partial charge in [0.25, 0.3) is 0 Å². The van der Waals surface area contributed by atoms with Crippen LogP contribution in [0.1, 0.15) is 5.56 Å². The zero-order valence-corrected chi connectivity index (χ0v) is 11.3. The van der Waals surface area contributed by atoms with Crippen molar-refractivity contribution in [2.45, 2.75) is 6.54 Å².